The van der Waals surface area contributed by atoms with E-state index < -0.39 is 6.04 Å². The van der Waals surface area contributed by atoms with Crippen LogP contribution in [-0.4, -0.2) is 43.2 Å². The zero-order valence-corrected chi connectivity index (χ0v) is 14.0. The molecule has 2 heterocycles. The first-order valence-corrected chi connectivity index (χ1v) is 8.95. The van der Waals surface area contributed by atoms with Gasteiger partial charge in [0.05, 0.1) is 12.5 Å². The minimum atomic E-state index is -0.475. The second-order valence-corrected chi connectivity index (χ2v) is 6.84. The lowest BCUT2D eigenvalue weighted by molar-refractivity contribution is -0.129. The van der Waals surface area contributed by atoms with Crippen LogP contribution < -0.4 is 25.4 Å². The molecule has 1 aromatic carbocycles. The standard InChI is InChI=1S/C18H23N3O4/c22-17(19-11-5-6-15-16(9-11)25-8-7-24-15)10-14-18(23)21-13-4-2-1-3-12(13)20-14/h5-6,9,12-14,20H,1-4,7-8,10H2,(H,19,22)(H,21,23)/t12-,13-,14+/m0/s1. The Kier molecular flexibility index (Phi) is 4.48. The van der Waals surface area contributed by atoms with E-state index in [2.05, 4.69) is 16.0 Å². The minimum absolute atomic E-state index is 0.0829. The molecule has 2 amide bonds. The number of ether oxygens (including phenoxy) is 2. The highest BCUT2D eigenvalue weighted by molar-refractivity contribution is 5.96. The molecule has 1 aromatic rings. The lowest BCUT2D eigenvalue weighted by atomic mass is 9.87. The molecule has 1 saturated carbocycles. The van der Waals surface area contributed by atoms with Crippen LogP contribution in [0.5, 0.6) is 11.5 Å². The summed E-state index contributed by atoms with van der Waals surface area (Å²) in [5.41, 5.74) is 0.640. The van der Waals surface area contributed by atoms with E-state index in [4.69, 9.17) is 9.47 Å². The molecule has 7 heteroatoms. The van der Waals surface area contributed by atoms with Gasteiger partial charge in [-0.15, -0.1) is 0 Å². The Hall–Kier alpha value is -2.28. The number of nitrogens with one attached hydrogen (secondary N) is 3. The maximum absolute atomic E-state index is 12.4. The van der Waals surface area contributed by atoms with Gasteiger partial charge >= 0.3 is 0 Å². The van der Waals surface area contributed by atoms with Gasteiger partial charge in [-0.05, 0) is 25.0 Å². The molecule has 3 N–H and O–H groups in total. The lowest BCUT2D eigenvalue weighted by Gasteiger charge is -2.40. The number of carbonyl (C=O) groups is 2. The van der Waals surface area contributed by atoms with Gasteiger partial charge in [0.1, 0.15) is 13.2 Å². The Labute approximate surface area is 146 Å². The molecular weight excluding hydrogens is 322 g/mol. The molecule has 2 fully saturated rings. The van der Waals surface area contributed by atoms with Crippen LogP contribution in [0.3, 0.4) is 0 Å². The first kappa shape index (κ1) is 16.2. The molecule has 0 spiro atoms. The number of amides is 2. The second-order valence-electron chi connectivity index (χ2n) is 6.84. The van der Waals surface area contributed by atoms with Crippen molar-refractivity contribution in [2.45, 2.75) is 50.2 Å². The highest BCUT2D eigenvalue weighted by Gasteiger charge is 2.36. The summed E-state index contributed by atoms with van der Waals surface area (Å²) in [5, 5.41) is 9.25. The number of piperazine rings is 1. The number of carbonyl (C=O) groups excluding carboxylic acids is 2. The van der Waals surface area contributed by atoms with Crippen molar-refractivity contribution in [2.24, 2.45) is 0 Å². The van der Waals surface area contributed by atoms with Gasteiger partial charge in [-0.25, -0.2) is 0 Å². The summed E-state index contributed by atoms with van der Waals surface area (Å²) >= 11 is 0. The highest BCUT2D eigenvalue weighted by atomic mass is 16.6. The van der Waals surface area contributed by atoms with Crippen molar-refractivity contribution < 1.29 is 19.1 Å². The molecular formula is C18H23N3O4. The van der Waals surface area contributed by atoms with Crippen molar-refractivity contribution in [3.63, 3.8) is 0 Å². The van der Waals surface area contributed by atoms with Crippen molar-refractivity contribution >= 4 is 17.5 Å². The van der Waals surface area contributed by atoms with Crippen LogP contribution in [0, 0.1) is 0 Å². The summed E-state index contributed by atoms with van der Waals surface area (Å²) in [6.07, 6.45) is 4.49. The summed E-state index contributed by atoms with van der Waals surface area (Å²) in [7, 11) is 0. The maximum Gasteiger partial charge on any atom is 0.237 e. The van der Waals surface area contributed by atoms with Crippen molar-refractivity contribution in [1.82, 2.24) is 10.6 Å². The van der Waals surface area contributed by atoms with Crippen LogP contribution >= 0.6 is 0 Å². The number of anilines is 1. The van der Waals surface area contributed by atoms with E-state index in [0.29, 0.717) is 30.4 Å². The summed E-state index contributed by atoms with van der Waals surface area (Å²) in [4.78, 5) is 24.6. The van der Waals surface area contributed by atoms with Crippen LogP contribution in [0.1, 0.15) is 32.1 Å². The number of hydrogen-bond donors (Lipinski definition) is 3. The van der Waals surface area contributed by atoms with E-state index in [1.165, 1.54) is 6.42 Å². The molecule has 1 saturated heterocycles. The van der Waals surface area contributed by atoms with Gasteiger partial charge in [0.15, 0.2) is 11.5 Å². The molecule has 0 unspecified atom stereocenters. The highest BCUT2D eigenvalue weighted by Crippen LogP contribution is 2.32. The largest absolute Gasteiger partial charge is 0.486 e. The van der Waals surface area contributed by atoms with E-state index in [0.717, 1.165) is 19.3 Å². The number of rotatable bonds is 3. The van der Waals surface area contributed by atoms with Crippen molar-refractivity contribution in [3.05, 3.63) is 18.2 Å². The Morgan fingerprint density at radius 2 is 1.88 bits per heavy atom. The molecule has 134 valence electrons. The van der Waals surface area contributed by atoms with E-state index in [9.17, 15) is 9.59 Å². The zero-order valence-electron chi connectivity index (χ0n) is 14.0. The quantitative estimate of drug-likeness (QED) is 0.766. The molecule has 2 aliphatic heterocycles. The third kappa shape index (κ3) is 3.56. The van der Waals surface area contributed by atoms with Gasteiger partial charge in [-0.3, -0.25) is 9.59 Å². The minimum Gasteiger partial charge on any atom is -0.486 e. The fraction of sp³-hybridized carbons (Fsp3) is 0.556. The Balaban J connectivity index is 1.36. The lowest BCUT2D eigenvalue weighted by Crippen LogP contribution is -2.65. The fourth-order valence-electron chi connectivity index (χ4n) is 3.79. The van der Waals surface area contributed by atoms with Crippen molar-refractivity contribution in [2.75, 3.05) is 18.5 Å². The van der Waals surface area contributed by atoms with Gasteiger partial charge in [0, 0.05) is 23.8 Å². The summed E-state index contributed by atoms with van der Waals surface area (Å²) < 4.78 is 11.0. The van der Waals surface area contributed by atoms with E-state index in [1.807, 2.05) is 0 Å². The third-order valence-electron chi connectivity index (χ3n) is 5.04. The Morgan fingerprint density at radius 3 is 2.72 bits per heavy atom. The van der Waals surface area contributed by atoms with Crippen molar-refractivity contribution in [3.8, 4) is 11.5 Å². The van der Waals surface area contributed by atoms with Gasteiger partial charge in [-0.1, -0.05) is 12.8 Å². The van der Waals surface area contributed by atoms with Crippen LogP contribution in [0.25, 0.3) is 0 Å². The number of hydrogen-bond acceptors (Lipinski definition) is 5. The van der Waals surface area contributed by atoms with Gasteiger partial charge in [0.25, 0.3) is 0 Å². The second kappa shape index (κ2) is 6.92. The normalized spacial score (nSPS) is 27.8. The zero-order chi connectivity index (χ0) is 17.2. The predicted octanol–water partition coefficient (Wildman–Crippen LogP) is 1.19. The molecule has 1 aliphatic carbocycles. The number of fused-ring (bicyclic) bond motifs is 2. The molecule has 0 aromatic heterocycles. The summed E-state index contributed by atoms with van der Waals surface area (Å²) in [6, 6.07) is 5.31. The van der Waals surface area contributed by atoms with E-state index in [1.54, 1.807) is 18.2 Å². The van der Waals surface area contributed by atoms with E-state index >= 15 is 0 Å². The number of benzene rings is 1. The topological polar surface area (TPSA) is 88.7 Å². The van der Waals surface area contributed by atoms with Crippen molar-refractivity contribution in [1.29, 1.82) is 0 Å². The fourth-order valence-corrected chi connectivity index (χ4v) is 3.79. The van der Waals surface area contributed by atoms with Crippen LogP contribution in [0.4, 0.5) is 5.69 Å². The third-order valence-corrected chi connectivity index (χ3v) is 5.04. The molecule has 0 radical (unpaired) electrons. The summed E-state index contributed by atoms with van der Waals surface area (Å²) in [5.74, 6) is 1.03. The van der Waals surface area contributed by atoms with Gasteiger partial charge < -0.3 is 25.4 Å². The van der Waals surface area contributed by atoms with E-state index in [-0.39, 0.29) is 30.3 Å². The molecule has 0 bridgehead atoms. The molecule has 4 rings (SSSR count). The average Bonchev–Trinajstić information content (AvgIpc) is 2.62. The molecule has 3 aliphatic rings. The molecule has 25 heavy (non-hydrogen) atoms. The van der Waals surface area contributed by atoms with Gasteiger partial charge in [0.2, 0.25) is 11.8 Å². The smallest absolute Gasteiger partial charge is 0.237 e. The SMILES string of the molecule is O=C(C[C@H]1N[C@H]2CCCC[C@@H]2NC1=O)Nc1ccc2c(c1)OCCO2. The molecule has 7 nitrogen and oxygen atoms in total. The Morgan fingerprint density at radius 1 is 1.12 bits per heavy atom. The first-order valence-electron chi connectivity index (χ1n) is 8.95. The van der Waals surface area contributed by atoms with Crippen LogP contribution in [0.2, 0.25) is 0 Å². The van der Waals surface area contributed by atoms with Crippen LogP contribution in [0.15, 0.2) is 18.2 Å². The molecule has 3 atom stereocenters. The predicted molar refractivity (Wildman–Crippen MR) is 91.8 cm³/mol. The first-order chi connectivity index (χ1) is 12.2. The average molecular weight is 345 g/mol. The monoisotopic (exact) mass is 345 g/mol. The maximum atomic E-state index is 12.4. The van der Waals surface area contributed by atoms with Gasteiger partial charge in [-0.2, -0.15) is 0 Å². The van der Waals surface area contributed by atoms with Crippen LogP contribution in [-0.2, 0) is 9.59 Å². The Bertz CT molecular complexity index is 678. The summed E-state index contributed by atoms with van der Waals surface area (Å²) in [6.45, 7) is 1.03.